The van der Waals surface area contributed by atoms with Crippen LogP contribution in [0.5, 0.6) is 0 Å². The van der Waals surface area contributed by atoms with Crippen molar-refractivity contribution in [2.75, 3.05) is 11.1 Å². The van der Waals surface area contributed by atoms with Crippen molar-refractivity contribution in [2.45, 2.75) is 13.0 Å². The van der Waals surface area contributed by atoms with E-state index in [1.54, 1.807) is 24.3 Å². The molecular formula is C22H21N3O2. The number of anilines is 2. The van der Waals surface area contributed by atoms with Crippen LogP contribution in [0.3, 0.4) is 0 Å². The maximum absolute atomic E-state index is 12.3. The summed E-state index contributed by atoms with van der Waals surface area (Å²) >= 11 is 0. The summed E-state index contributed by atoms with van der Waals surface area (Å²) in [5.41, 5.74) is 9.36. The van der Waals surface area contributed by atoms with E-state index in [4.69, 9.17) is 5.73 Å². The Morgan fingerprint density at radius 3 is 2.15 bits per heavy atom. The molecule has 3 aromatic carbocycles. The Kier molecular flexibility index (Phi) is 5.84. The minimum Gasteiger partial charge on any atom is -0.397 e. The highest BCUT2D eigenvalue weighted by atomic mass is 16.2. The zero-order valence-electron chi connectivity index (χ0n) is 14.8. The van der Waals surface area contributed by atoms with Gasteiger partial charge in [0.25, 0.3) is 5.91 Å². The van der Waals surface area contributed by atoms with E-state index < -0.39 is 0 Å². The van der Waals surface area contributed by atoms with Gasteiger partial charge in [0.15, 0.2) is 0 Å². The molecule has 0 unspecified atom stereocenters. The second-order valence-corrected chi connectivity index (χ2v) is 6.18. The molecule has 0 fully saturated rings. The number of para-hydroxylation sites is 2. The fraction of sp³-hybridized carbons (Fsp3) is 0.0909. The molecule has 136 valence electrons. The number of carbonyl (C=O) groups excluding carboxylic acids is 2. The average Bonchev–Trinajstić information content (AvgIpc) is 2.69. The van der Waals surface area contributed by atoms with Gasteiger partial charge in [0.1, 0.15) is 0 Å². The van der Waals surface area contributed by atoms with E-state index in [0.29, 0.717) is 29.9 Å². The SMILES string of the molecule is Nc1ccccc1NC(=O)c1ccc(CNC(=O)Cc2ccccc2)cc1. The van der Waals surface area contributed by atoms with Crippen LogP contribution in [0, 0.1) is 0 Å². The van der Waals surface area contributed by atoms with Crippen LogP contribution in [-0.2, 0) is 17.8 Å². The normalized spacial score (nSPS) is 10.2. The number of hydrogen-bond donors (Lipinski definition) is 3. The third kappa shape index (κ3) is 5.19. The largest absolute Gasteiger partial charge is 0.397 e. The molecule has 0 heterocycles. The molecule has 3 aromatic rings. The van der Waals surface area contributed by atoms with Gasteiger partial charge in [-0.05, 0) is 35.4 Å². The van der Waals surface area contributed by atoms with Crippen LogP contribution in [0.25, 0.3) is 0 Å². The van der Waals surface area contributed by atoms with Gasteiger partial charge in [-0.2, -0.15) is 0 Å². The Balaban J connectivity index is 1.53. The number of nitrogen functional groups attached to an aromatic ring is 1. The van der Waals surface area contributed by atoms with Crippen LogP contribution in [0.2, 0.25) is 0 Å². The van der Waals surface area contributed by atoms with Crippen molar-refractivity contribution in [3.8, 4) is 0 Å². The molecule has 2 amide bonds. The third-order valence-electron chi connectivity index (χ3n) is 4.12. The number of amides is 2. The molecule has 0 saturated heterocycles. The Bertz CT molecular complexity index is 922. The van der Waals surface area contributed by atoms with Crippen molar-refractivity contribution >= 4 is 23.2 Å². The van der Waals surface area contributed by atoms with Crippen LogP contribution in [0.1, 0.15) is 21.5 Å². The number of nitrogens with two attached hydrogens (primary N) is 1. The summed E-state index contributed by atoms with van der Waals surface area (Å²) in [6.45, 7) is 0.416. The zero-order valence-corrected chi connectivity index (χ0v) is 14.8. The first-order valence-corrected chi connectivity index (χ1v) is 8.67. The standard InChI is InChI=1S/C22H21N3O2/c23-19-8-4-5-9-20(19)25-22(27)18-12-10-17(11-13-18)15-24-21(26)14-16-6-2-1-3-7-16/h1-13H,14-15,23H2,(H,24,26)(H,25,27). The Labute approximate surface area is 158 Å². The molecule has 5 heteroatoms. The number of carbonyl (C=O) groups is 2. The molecule has 5 nitrogen and oxygen atoms in total. The molecule has 0 atom stereocenters. The molecule has 0 saturated carbocycles. The van der Waals surface area contributed by atoms with E-state index in [0.717, 1.165) is 11.1 Å². The molecule has 4 N–H and O–H groups in total. The van der Waals surface area contributed by atoms with Crippen LogP contribution >= 0.6 is 0 Å². The fourth-order valence-electron chi connectivity index (χ4n) is 2.62. The third-order valence-corrected chi connectivity index (χ3v) is 4.12. The van der Waals surface area contributed by atoms with Crippen LogP contribution in [0.15, 0.2) is 78.9 Å². The molecule has 3 rings (SSSR count). The van der Waals surface area contributed by atoms with Gasteiger partial charge in [0.2, 0.25) is 5.91 Å². The van der Waals surface area contributed by atoms with Gasteiger partial charge in [0, 0.05) is 12.1 Å². The molecule has 0 aliphatic carbocycles. The molecule has 0 spiro atoms. The molecule has 0 aromatic heterocycles. The molecule has 0 aliphatic rings. The maximum Gasteiger partial charge on any atom is 0.255 e. The highest BCUT2D eigenvalue weighted by Crippen LogP contribution is 2.18. The second kappa shape index (κ2) is 8.67. The quantitative estimate of drug-likeness (QED) is 0.590. The van der Waals surface area contributed by atoms with Gasteiger partial charge in [-0.1, -0.05) is 54.6 Å². The summed E-state index contributed by atoms with van der Waals surface area (Å²) in [4.78, 5) is 24.3. The smallest absolute Gasteiger partial charge is 0.255 e. The van der Waals surface area contributed by atoms with Crippen molar-refractivity contribution in [3.05, 3.63) is 95.6 Å². The first-order chi connectivity index (χ1) is 13.1. The Morgan fingerprint density at radius 2 is 1.44 bits per heavy atom. The lowest BCUT2D eigenvalue weighted by Crippen LogP contribution is -2.24. The van der Waals surface area contributed by atoms with Gasteiger partial charge < -0.3 is 16.4 Å². The number of benzene rings is 3. The van der Waals surface area contributed by atoms with E-state index in [-0.39, 0.29) is 11.8 Å². The summed E-state index contributed by atoms with van der Waals surface area (Å²) < 4.78 is 0. The van der Waals surface area contributed by atoms with Crippen molar-refractivity contribution < 1.29 is 9.59 Å². The molecule has 0 bridgehead atoms. The van der Waals surface area contributed by atoms with Crippen LogP contribution in [-0.4, -0.2) is 11.8 Å². The predicted molar refractivity (Wildman–Crippen MR) is 107 cm³/mol. The average molecular weight is 359 g/mol. The lowest BCUT2D eigenvalue weighted by atomic mass is 10.1. The molecule has 27 heavy (non-hydrogen) atoms. The number of nitrogens with one attached hydrogen (secondary N) is 2. The monoisotopic (exact) mass is 359 g/mol. The summed E-state index contributed by atoms with van der Waals surface area (Å²) in [6.07, 6.45) is 0.347. The number of rotatable bonds is 6. The van der Waals surface area contributed by atoms with Crippen molar-refractivity contribution in [3.63, 3.8) is 0 Å². The molecule has 0 aliphatic heterocycles. The first-order valence-electron chi connectivity index (χ1n) is 8.67. The second-order valence-electron chi connectivity index (χ2n) is 6.18. The highest BCUT2D eigenvalue weighted by molar-refractivity contribution is 6.05. The molecular weight excluding hydrogens is 338 g/mol. The lowest BCUT2D eigenvalue weighted by molar-refractivity contribution is -0.120. The lowest BCUT2D eigenvalue weighted by Gasteiger charge is -2.09. The first kappa shape index (κ1) is 18.2. The fourth-order valence-corrected chi connectivity index (χ4v) is 2.62. The maximum atomic E-state index is 12.3. The summed E-state index contributed by atoms with van der Waals surface area (Å²) in [5, 5.41) is 5.68. The minimum absolute atomic E-state index is 0.0393. The highest BCUT2D eigenvalue weighted by Gasteiger charge is 2.08. The summed E-state index contributed by atoms with van der Waals surface area (Å²) in [5.74, 6) is -0.268. The van der Waals surface area contributed by atoms with Crippen LogP contribution in [0.4, 0.5) is 11.4 Å². The van der Waals surface area contributed by atoms with Crippen molar-refractivity contribution in [1.29, 1.82) is 0 Å². The van der Waals surface area contributed by atoms with E-state index in [2.05, 4.69) is 10.6 Å². The van der Waals surface area contributed by atoms with Gasteiger partial charge in [-0.15, -0.1) is 0 Å². The van der Waals surface area contributed by atoms with Gasteiger partial charge in [-0.25, -0.2) is 0 Å². The zero-order chi connectivity index (χ0) is 19.1. The van der Waals surface area contributed by atoms with E-state index >= 15 is 0 Å². The number of hydrogen-bond acceptors (Lipinski definition) is 3. The topological polar surface area (TPSA) is 84.2 Å². The van der Waals surface area contributed by atoms with Crippen molar-refractivity contribution in [2.24, 2.45) is 0 Å². The van der Waals surface area contributed by atoms with Gasteiger partial charge in [0.05, 0.1) is 17.8 Å². The minimum atomic E-state index is -0.229. The summed E-state index contributed by atoms with van der Waals surface area (Å²) in [6, 6.07) is 23.8. The van der Waals surface area contributed by atoms with E-state index in [1.807, 2.05) is 54.6 Å². The van der Waals surface area contributed by atoms with Gasteiger partial charge in [-0.3, -0.25) is 9.59 Å². The Morgan fingerprint density at radius 1 is 0.778 bits per heavy atom. The van der Waals surface area contributed by atoms with Gasteiger partial charge >= 0.3 is 0 Å². The molecule has 0 radical (unpaired) electrons. The van der Waals surface area contributed by atoms with E-state index in [9.17, 15) is 9.59 Å². The predicted octanol–water partition coefficient (Wildman–Crippen LogP) is 3.38. The van der Waals surface area contributed by atoms with E-state index in [1.165, 1.54) is 0 Å². The summed E-state index contributed by atoms with van der Waals surface area (Å²) in [7, 11) is 0. The Hall–Kier alpha value is -3.60. The van der Waals surface area contributed by atoms with Crippen molar-refractivity contribution in [1.82, 2.24) is 5.32 Å². The van der Waals surface area contributed by atoms with Crippen LogP contribution < -0.4 is 16.4 Å².